The van der Waals surface area contributed by atoms with E-state index in [1.807, 2.05) is 0 Å². The average molecular weight is 785 g/mol. The summed E-state index contributed by atoms with van der Waals surface area (Å²) in [5, 5.41) is 93.2. The van der Waals surface area contributed by atoms with Gasteiger partial charge in [-0.25, -0.2) is 0 Å². The van der Waals surface area contributed by atoms with Crippen molar-refractivity contribution >= 4 is 0 Å². The molecule has 318 valence electrons. The topological polar surface area (TPSA) is 219 Å². The SMILES string of the molecule is C[C@H](CC[C@@H](O[C@@H]1O[C@H](CO)[C@@H](O)[C@H](O)[C@H]1O)C(C)(C)O)[C@H]1CC[C@@]2(C)[C@@H]3CC=C4[C@@H](CC[C@H](O[C@@H]5O[C@H](CO)[C@@H](O)[C@H](O)[C@H]5O)C4(C)C)[C@]3(C)CC[C@]12C. The Morgan fingerprint density at radius 3 is 1.91 bits per heavy atom. The third-order valence-corrected chi connectivity index (χ3v) is 16.5. The van der Waals surface area contributed by atoms with Crippen LogP contribution < -0.4 is 0 Å². The third-order valence-electron chi connectivity index (χ3n) is 16.5. The van der Waals surface area contributed by atoms with Crippen molar-refractivity contribution in [1.82, 2.24) is 0 Å². The number of rotatable bonds is 11. The summed E-state index contributed by atoms with van der Waals surface area (Å²) in [6, 6.07) is 0. The molecule has 0 aromatic rings. The lowest BCUT2D eigenvalue weighted by molar-refractivity contribution is -0.322. The van der Waals surface area contributed by atoms with Gasteiger partial charge in [0, 0.05) is 5.41 Å². The van der Waals surface area contributed by atoms with E-state index >= 15 is 0 Å². The highest BCUT2D eigenvalue weighted by molar-refractivity contribution is 5.30. The second kappa shape index (κ2) is 15.7. The van der Waals surface area contributed by atoms with E-state index in [1.54, 1.807) is 13.8 Å². The second-order valence-corrected chi connectivity index (χ2v) is 20.1. The van der Waals surface area contributed by atoms with Crippen molar-refractivity contribution in [3.63, 3.8) is 0 Å². The van der Waals surface area contributed by atoms with Gasteiger partial charge in [0.25, 0.3) is 0 Å². The zero-order valence-corrected chi connectivity index (χ0v) is 34.3. The maximum absolute atomic E-state index is 11.2. The Bertz CT molecular complexity index is 1360. The van der Waals surface area contributed by atoms with Gasteiger partial charge in [-0.05, 0) is 112 Å². The van der Waals surface area contributed by atoms with Crippen molar-refractivity contribution in [2.24, 2.45) is 45.3 Å². The summed E-state index contributed by atoms with van der Waals surface area (Å²) in [6.07, 6.45) is -3.62. The minimum absolute atomic E-state index is 0.0904. The molecule has 19 atom stereocenters. The Hall–Kier alpha value is -0.780. The molecule has 9 N–H and O–H groups in total. The van der Waals surface area contributed by atoms with Crippen LogP contribution in [0.4, 0.5) is 0 Å². The molecule has 0 amide bonds. The molecule has 3 saturated carbocycles. The van der Waals surface area contributed by atoms with E-state index in [0.717, 1.165) is 51.4 Å². The summed E-state index contributed by atoms with van der Waals surface area (Å²) < 4.78 is 24.0. The smallest absolute Gasteiger partial charge is 0.187 e. The molecule has 55 heavy (non-hydrogen) atoms. The minimum atomic E-state index is -1.55. The molecule has 2 aliphatic heterocycles. The standard InChI is InChI=1S/C42H72O13/c1-21(9-13-29(39(4,5)51)55-37-35(50)33(48)31(46)26(20-44)53-37)22-15-16-42(8)27-12-10-23-24(40(27,6)17-18-41(22,42)7)11-14-28(38(23,2)3)54-36-34(49)32(47)30(45)25(19-43)52-36/h10,21-22,24-37,43-51H,9,11-20H2,1-8H3/t21-,22-,24-,25-,26-,27-,28+,29-,30-,31-,32+,33+,34-,35-,36+,37+,40+,41-,42+/m1/s1. The van der Waals surface area contributed by atoms with Gasteiger partial charge < -0.3 is 64.9 Å². The number of hydrogen-bond donors (Lipinski definition) is 9. The van der Waals surface area contributed by atoms with Crippen LogP contribution >= 0.6 is 0 Å². The molecule has 0 aromatic heterocycles. The van der Waals surface area contributed by atoms with Crippen molar-refractivity contribution in [2.75, 3.05) is 13.2 Å². The van der Waals surface area contributed by atoms with Crippen LogP contribution in [0.15, 0.2) is 11.6 Å². The van der Waals surface area contributed by atoms with Gasteiger partial charge in [-0.3, -0.25) is 0 Å². The molecule has 2 heterocycles. The van der Waals surface area contributed by atoms with Gasteiger partial charge >= 0.3 is 0 Å². The van der Waals surface area contributed by atoms with Gasteiger partial charge in [0.05, 0.1) is 31.0 Å². The first kappa shape index (κ1) is 43.8. The zero-order chi connectivity index (χ0) is 40.6. The van der Waals surface area contributed by atoms with Crippen LogP contribution in [0.1, 0.15) is 113 Å². The molecule has 0 unspecified atom stereocenters. The molecule has 4 aliphatic carbocycles. The first-order valence-corrected chi connectivity index (χ1v) is 20.9. The number of ether oxygens (including phenoxy) is 4. The molecule has 0 radical (unpaired) electrons. The zero-order valence-electron chi connectivity index (χ0n) is 34.3. The number of aliphatic hydroxyl groups is 9. The van der Waals surface area contributed by atoms with E-state index in [0.29, 0.717) is 30.1 Å². The average Bonchev–Trinajstić information content (AvgIpc) is 3.41. The maximum Gasteiger partial charge on any atom is 0.187 e. The van der Waals surface area contributed by atoms with Crippen molar-refractivity contribution < 1.29 is 64.9 Å². The molecule has 13 nitrogen and oxygen atoms in total. The Balaban J connectivity index is 1.15. The Morgan fingerprint density at radius 2 is 1.33 bits per heavy atom. The molecule has 5 fully saturated rings. The molecule has 13 heteroatoms. The maximum atomic E-state index is 11.2. The Kier molecular flexibility index (Phi) is 12.5. The summed E-state index contributed by atoms with van der Waals surface area (Å²) in [6.45, 7) is 16.5. The van der Waals surface area contributed by atoms with Gasteiger partial charge in [-0.15, -0.1) is 0 Å². The Labute approximate surface area is 327 Å². The summed E-state index contributed by atoms with van der Waals surface area (Å²) in [5.41, 5.74) is 0.0454. The molecule has 6 aliphatic rings. The number of hydrogen-bond acceptors (Lipinski definition) is 13. The lowest BCUT2D eigenvalue weighted by Gasteiger charge is -2.66. The number of aliphatic hydroxyl groups excluding tert-OH is 8. The van der Waals surface area contributed by atoms with Crippen LogP contribution in [0.5, 0.6) is 0 Å². The van der Waals surface area contributed by atoms with E-state index in [9.17, 15) is 46.0 Å². The third kappa shape index (κ3) is 7.31. The molecule has 0 aromatic carbocycles. The number of allylic oxidation sites excluding steroid dienone is 1. The molecule has 0 bridgehead atoms. The highest BCUT2D eigenvalue weighted by atomic mass is 16.7. The predicted octanol–water partition coefficient (Wildman–Crippen LogP) is 2.15. The molecule has 2 saturated heterocycles. The monoisotopic (exact) mass is 784 g/mol. The number of fused-ring (bicyclic) bond motifs is 5. The fraction of sp³-hybridized carbons (Fsp3) is 0.952. The fourth-order valence-electron chi connectivity index (χ4n) is 12.7. The van der Waals surface area contributed by atoms with Crippen molar-refractivity contribution in [2.45, 2.75) is 192 Å². The van der Waals surface area contributed by atoms with E-state index in [-0.39, 0.29) is 27.8 Å². The van der Waals surface area contributed by atoms with Crippen LogP contribution in [0.3, 0.4) is 0 Å². The van der Waals surface area contributed by atoms with Crippen molar-refractivity contribution in [1.29, 1.82) is 0 Å². The van der Waals surface area contributed by atoms with Crippen LogP contribution in [-0.2, 0) is 18.9 Å². The molecular formula is C42H72O13. The Morgan fingerprint density at radius 1 is 0.745 bits per heavy atom. The van der Waals surface area contributed by atoms with Gasteiger partial charge in [0.1, 0.15) is 48.8 Å². The lowest BCUT2D eigenvalue weighted by Crippen LogP contribution is -2.61. The van der Waals surface area contributed by atoms with Crippen molar-refractivity contribution in [3.05, 3.63) is 11.6 Å². The van der Waals surface area contributed by atoms with Gasteiger partial charge in [0.2, 0.25) is 0 Å². The predicted molar refractivity (Wildman–Crippen MR) is 201 cm³/mol. The summed E-state index contributed by atoms with van der Waals surface area (Å²) in [5.74, 6) is 1.65. The first-order valence-electron chi connectivity index (χ1n) is 20.9. The van der Waals surface area contributed by atoms with Gasteiger partial charge in [0.15, 0.2) is 12.6 Å². The quantitative estimate of drug-likeness (QED) is 0.137. The van der Waals surface area contributed by atoms with Gasteiger partial charge in [-0.1, -0.05) is 53.2 Å². The van der Waals surface area contributed by atoms with Crippen LogP contribution in [0, 0.1) is 45.3 Å². The normalized spacial score (nSPS) is 49.7. The van der Waals surface area contributed by atoms with E-state index < -0.39 is 86.3 Å². The van der Waals surface area contributed by atoms with E-state index in [4.69, 9.17) is 18.9 Å². The van der Waals surface area contributed by atoms with Crippen molar-refractivity contribution in [3.8, 4) is 0 Å². The highest BCUT2D eigenvalue weighted by Crippen LogP contribution is 2.75. The van der Waals surface area contributed by atoms with E-state index in [2.05, 4.69) is 47.6 Å². The van der Waals surface area contributed by atoms with Crippen LogP contribution in [-0.4, -0.2) is 138 Å². The summed E-state index contributed by atoms with van der Waals surface area (Å²) in [7, 11) is 0. The lowest BCUT2D eigenvalue weighted by atomic mass is 9.39. The first-order chi connectivity index (χ1) is 25.6. The second-order valence-electron chi connectivity index (χ2n) is 20.1. The highest BCUT2D eigenvalue weighted by Gasteiger charge is 2.67. The minimum Gasteiger partial charge on any atom is -0.394 e. The van der Waals surface area contributed by atoms with E-state index in [1.165, 1.54) is 5.57 Å². The largest absolute Gasteiger partial charge is 0.394 e. The van der Waals surface area contributed by atoms with Crippen LogP contribution in [0.2, 0.25) is 0 Å². The van der Waals surface area contributed by atoms with Crippen LogP contribution in [0.25, 0.3) is 0 Å². The summed E-state index contributed by atoms with van der Waals surface area (Å²) in [4.78, 5) is 0. The molecular weight excluding hydrogens is 712 g/mol. The molecule has 0 spiro atoms. The fourth-order valence-corrected chi connectivity index (χ4v) is 12.7. The van der Waals surface area contributed by atoms with Gasteiger partial charge in [-0.2, -0.15) is 0 Å². The molecule has 6 rings (SSSR count). The summed E-state index contributed by atoms with van der Waals surface area (Å²) >= 11 is 0.